The van der Waals surface area contributed by atoms with Crippen LogP contribution in [0.15, 0.2) is 0 Å². The first-order chi connectivity index (χ1) is 9.00. The van der Waals surface area contributed by atoms with Gasteiger partial charge in [0.05, 0.1) is 5.69 Å². The van der Waals surface area contributed by atoms with Gasteiger partial charge in [0.15, 0.2) is 0 Å². The van der Waals surface area contributed by atoms with Gasteiger partial charge in [0, 0.05) is 44.0 Å². The Morgan fingerprint density at radius 3 is 2.84 bits per heavy atom. The molecule has 0 aliphatic carbocycles. The molecule has 1 unspecified atom stereocenters. The van der Waals surface area contributed by atoms with Crippen molar-refractivity contribution in [2.75, 3.05) is 23.5 Å². The number of hydrogen-bond acceptors (Lipinski definition) is 4. The van der Waals surface area contributed by atoms with Crippen LogP contribution >= 0.6 is 11.8 Å². The van der Waals surface area contributed by atoms with Crippen molar-refractivity contribution in [2.45, 2.75) is 45.8 Å². The quantitative estimate of drug-likeness (QED) is 0.897. The van der Waals surface area contributed by atoms with E-state index >= 15 is 0 Å². The lowest BCUT2D eigenvalue weighted by molar-refractivity contribution is 0.584. The Balaban J connectivity index is 2.22. The molecule has 1 fully saturated rings. The van der Waals surface area contributed by atoms with Crippen molar-refractivity contribution in [3.63, 3.8) is 0 Å². The maximum absolute atomic E-state index is 4.61. The second-order valence-corrected chi connectivity index (χ2v) is 6.82. The fraction of sp³-hybridized carbons (Fsp3) is 0.786. The van der Waals surface area contributed by atoms with Crippen molar-refractivity contribution in [2.24, 2.45) is 7.05 Å². The fourth-order valence-corrected chi connectivity index (χ4v) is 3.91. The molecule has 0 spiro atoms. The molecular weight excluding hydrogens is 256 g/mol. The molecule has 2 heterocycles. The molecule has 0 saturated carbocycles. The van der Waals surface area contributed by atoms with Crippen LogP contribution in [0.2, 0.25) is 0 Å². The Morgan fingerprint density at radius 1 is 1.53 bits per heavy atom. The maximum atomic E-state index is 4.61. The predicted molar refractivity (Wildman–Crippen MR) is 84.1 cm³/mol. The number of anilines is 1. The summed E-state index contributed by atoms with van der Waals surface area (Å²) in [5.74, 6) is 3.79. The van der Waals surface area contributed by atoms with Gasteiger partial charge in [0.2, 0.25) is 0 Å². The van der Waals surface area contributed by atoms with Crippen molar-refractivity contribution in [3.05, 3.63) is 11.3 Å². The van der Waals surface area contributed by atoms with E-state index in [4.69, 9.17) is 0 Å². The highest BCUT2D eigenvalue weighted by Crippen LogP contribution is 2.29. The van der Waals surface area contributed by atoms with Gasteiger partial charge in [-0.1, -0.05) is 13.8 Å². The van der Waals surface area contributed by atoms with E-state index in [0.717, 1.165) is 12.2 Å². The molecular formula is C14H26N4S. The van der Waals surface area contributed by atoms with E-state index in [9.17, 15) is 0 Å². The maximum Gasteiger partial charge on any atom is 0.131 e. The number of aryl methyl sites for hydroxylation is 2. The Kier molecular flexibility index (Phi) is 4.79. The molecule has 1 atom stereocenters. The van der Waals surface area contributed by atoms with Crippen LogP contribution in [0.4, 0.5) is 5.82 Å². The summed E-state index contributed by atoms with van der Waals surface area (Å²) in [4.78, 5) is 2.43. The second kappa shape index (κ2) is 6.18. The number of hydrogen-bond donors (Lipinski definition) is 1. The van der Waals surface area contributed by atoms with Crippen LogP contribution in [0.1, 0.15) is 31.5 Å². The zero-order valence-corrected chi connectivity index (χ0v) is 13.5. The van der Waals surface area contributed by atoms with Crippen LogP contribution < -0.4 is 10.2 Å². The van der Waals surface area contributed by atoms with Crippen molar-refractivity contribution < 1.29 is 0 Å². The zero-order chi connectivity index (χ0) is 14.0. The normalized spacial score (nSPS) is 19.4. The minimum atomic E-state index is 0.500. The van der Waals surface area contributed by atoms with Gasteiger partial charge in [-0.25, -0.2) is 0 Å². The number of rotatable bonds is 5. The van der Waals surface area contributed by atoms with Gasteiger partial charge in [0.1, 0.15) is 5.82 Å². The molecule has 1 aliphatic rings. The summed E-state index contributed by atoms with van der Waals surface area (Å²) in [5.41, 5.74) is 2.48. The summed E-state index contributed by atoms with van der Waals surface area (Å²) < 4.78 is 2.04. The van der Waals surface area contributed by atoms with Crippen LogP contribution in [-0.2, 0) is 13.6 Å². The molecule has 0 bridgehead atoms. The standard InChI is InChI=1S/C14H26N4S/c1-10(2)15-8-13-11(3)16-18(5)14(13)17(4)12-6-7-19-9-12/h10,12,15H,6-9H2,1-5H3. The average Bonchev–Trinajstić information content (AvgIpc) is 2.94. The molecule has 4 nitrogen and oxygen atoms in total. The lowest BCUT2D eigenvalue weighted by Crippen LogP contribution is -2.34. The topological polar surface area (TPSA) is 33.1 Å². The smallest absolute Gasteiger partial charge is 0.131 e. The molecule has 0 radical (unpaired) electrons. The van der Waals surface area contributed by atoms with Gasteiger partial charge in [-0.15, -0.1) is 0 Å². The summed E-state index contributed by atoms with van der Waals surface area (Å²) in [6.07, 6.45) is 1.28. The third kappa shape index (κ3) is 3.26. The molecule has 1 aromatic rings. The van der Waals surface area contributed by atoms with Gasteiger partial charge < -0.3 is 10.2 Å². The first-order valence-corrected chi connectivity index (χ1v) is 8.22. The van der Waals surface area contributed by atoms with Crippen LogP contribution in [0.3, 0.4) is 0 Å². The van der Waals surface area contributed by atoms with Crippen molar-refractivity contribution >= 4 is 17.6 Å². The lowest BCUT2D eigenvalue weighted by atomic mass is 10.1. The van der Waals surface area contributed by atoms with E-state index in [0.29, 0.717) is 12.1 Å². The minimum absolute atomic E-state index is 0.500. The molecule has 1 aromatic heterocycles. The van der Waals surface area contributed by atoms with Crippen LogP contribution in [0.5, 0.6) is 0 Å². The molecule has 19 heavy (non-hydrogen) atoms. The van der Waals surface area contributed by atoms with Gasteiger partial charge in [-0.2, -0.15) is 16.9 Å². The Bertz CT molecular complexity index is 421. The Hall–Kier alpha value is -0.680. The fourth-order valence-electron chi connectivity index (χ4n) is 2.64. The molecule has 1 aliphatic heterocycles. The van der Waals surface area contributed by atoms with Crippen molar-refractivity contribution in [1.29, 1.82) is 0 Å². The number of aromatic nitrogens is 2. The van der Waals surface area contributed by atoms with E-state index < -0.39 is 0 Å². The predicted octanol–water partition coefficient (Wildman–Crippen LogP) is 2.17. The van der Waals surface area contributed by atoms with E-state index in [1.807, 2.05) is 4.68 Å². The summed E-state index contributed by atoms with van der Waals surface area (Å²) in [5, 5.41) is 8.13. The molecule has 1 saturated heterocycles. The lowest BCUT2D eigenvalue weighted by Gasteiger charge is -2.27. The number of nitrogens with one attached hydrogen (secondary N) is 1. The average molecular weight is 282 g/mol. The summed E-state index contributed by atoms with van der Waals surface area (Å²) in [7, 11) is 4.27. The van der Waals surface area contributed by atoms with Crippen LogP contribution in [0, 0.1) is 6.92 Å². The highest BCUT2D eigenvalue weighted by molar-refractivity contribution is 7.99. The Labute approximate surface area is 120 Å². The van der Waals surface area contributed by atoms with Crippen LogP contribution in [-0.4, -0.2) is 40.4 Å². The number of thioether (sulfide) groups is 1. The minimum Gasteiger partial charge on any atom is -0.356 e. The first-order valence-electron chi connectivity index (χ1n) is 7.07. The van der Waals surface area contributed by atoms with E-state index in [1.165, 1.54) is 29.3 Å². The third-order valence-electron chi connectivity index (χ3n) is 3.79. The van der Waals surface area contributed by atoms with E-state index in [1.54, 1.807) is 0 Å². The van der Waals surface area contributed by atoms with Gasteiger partial charge in [-0.3, -0.25) is 4.68 Å². The molecule has 108 valence electrons. The Morgan fingerprint density at radius 2 is 2.26 bits per heavy atom. The third-order valence-corrected chi connectivity index (χ3v) is 4.93. The number of nitrogens with zero attached hydrogens (tertiary/aromatic N) is 3. The van der Waals surface area contributed by atoms with Crippen LogP contribution in [0.25, 0.3) is 0 Å². The van der Waals surface area contributed by atoms with Gasteiger partial charge >= 0.3 is 0 Å². The van der Waals surface area contributed by atoms with Gasteiger partial charge in [-0.05, 0) is 19.1 Å². The molecule has 2 rings (SSSR count). The molecule has 0 amide bonds. The highest BCUT2D eigenvalue weighted by atomic mass is 32.2. The van der Waals surface area contributed by atoms with Crippen molar-refractivity contribution in [1.82, 2.24) is 15.1 Å². The monoisotopic (exact) mass is 282 g/mol. The van der Waals surface area contributed by atoms with E-state index in [-0.39, 0.29) is 0 Å². The highest BCUT2D eigenvalue weighted by Gasteiger charge is 2.25. The SMILES string of the molecule is Cc1nn(C)c(N(C)C2CCSC2)c1CNC(C)C. The first kappa shape index (κ1) is 14.7. The molecule has 1 N–H and O–H groups in total. The van der Waals surface area contributed by atoms with Crippen molar-refractivity contribution in [3.8, 4) is 0 Å². The second-order valence-electron chi connectivity index (χ2n) is 5.68. The van der Waals surface area contributed by atoms with Gasteiger partial charge in [0.25, 0.3) is 0 Å². The molecule has 5 heteroatoms. The largest absolute Gasteiger partial charge is 0.356 e. The summed E-state index contributed by atoms with van der Waals surface area (Å²) in [6.45, 7) is 7.38. The molecule has 0 aromatic carbocycles. The zero-order valence-electron chi connectivity index (χ0n) is 12.7. The summed E-state index contributed by atoms with van der Waals surface area (Å²) >= 11 is 2.05. The van der Waals surface area contributed by atoms with E-state index in [2.05, 4.69) is 61.9 Å². The summed E-state index contributed by atoms with van der Waals surface area (Å²) in [6, 6.07) is 1.15.